The largest absolute Gasteiger partial charge is 0.484 e. The highest BCUT2D eigenvalue weighted by atomic mass is 35.5. The van der Waals surface area contributed by atoms with Gasteiger partial charge < -0.3 is 15.4 Å². The number of halogens is 4. The summed E-state index contributed by atoms with van der Waals surface area (Å²) in [5.41, 5.74) is 8.76. The van der Waals surface area contributed by atoms with E-state index in [-0.39, 0.29) is 24.1 Å². The highest BCUT2D eigenvalue weighted by molar-refractivity contribution is 6.07. The number of ether oxygens (including phenoxy) is 1. The first kappa shape index (κ1) is 19.9. The third kappa shape index (κ3) is 4.40. The van der Waals surface area contributed by atoms with Crippen LogP contribution in [-0.2, 0) is 6.42 Å². The molecule has 2 N–H and O–H groups in total. The predicted octanol–water partition coefficient (Wildman–Crippen LogP) is 4.22. The van der Waals surface area contributed by atoms with Crippen molar-refractivity contribution in [2.24, 2.45) is 0 Å². The molecule has 8 heteroatoms. The number of nitrogen functional groups attached to an aromatic ring is 1. The quantitative estimate of drug-likeness (QED) is 0.803. The standard InChI is InChI=1S/C18H17F3N2O2.ClH/c19-18(20,21)11-25-13-8-6-12(7-9-13)17(24)23-10-2-3-14-15(22)4-1-5-16(14)23;/h1,4-9H,2-3,10-11,22H2;1H. The van der Waals surface area contributed by atoms with E-state index >= 15 is 0 Å². The molecule has 0 unspecified atom stereocenters. The maximum absolute atomic E-state index is 12.8. The van der Waals surface area contributed by atoms with Gasteiger partial charge in [-0.15, -0.1) is 12.4 Å². The number of alkyl halides is 3. The first-order valence-electron chi connectivity index (χ1n) is 7.84. The summed E-state index contributed by atoms with van der Waals surface area (Å²) in [6, 6.07) is 11.1. The van der Waals surface area contributed by atoms with Gasteiger partial charge in [-0.3, -0.25) is 4.79 Å². The summed E-state index contributed by atoms with van der Waals surface area (Å²) in [7, 11) is 0. The Kier molecular flexibility index (Phi) is 6.02. The van der Waals surface area contributed by atoms with Crippen molar-refractivity contribution < 1.29 is 22.7 Å². The number of fused-ring (bicyclic) bond motifs is 1. The van der Waals surface area contributed by atoms with Crippen LogP contribution < -0.4 is 15.4 Å². The zero-order valence-electron chi connectivity index (χ0n) is 13.8. The Morgan fingerprint density at radius 1 is 1.15 bits per heavy atom. The minimum absolute atomic E-state index is 0. The van der Waals surface area contributed by atoms with Crippen molar-refractivity contribution in [2.45, 2.75) is 19.0 Å². The van der Waals surface area contributed by atoms with Gasteiger partial charge in [0.05, 0.1) is 0 Å². The van der Waals surface area contributed by atoms with E-state index in [1.807, 2.05) is 6.07 Å². The van der Waals surface area contributed by atoms with Crippen LogP contribution in [0, 0.1) is 0 Å². The van der Waals surface area contributed by atoms with E-state index < -0.39 is 12.8 Å². The summed E-state index contributed by atoms with van der Waals surface area (Å²) in [6.45, 7) is -0.791. The molecule has 0 fully saturated rings. The summed E-state index contributed by atoms with van der Waals surface area (Å²) in [5, 5.41) is 0. The van der Waals surface area contributed by atoms with Crippen LogP contribution in [0.15, 0.2) is 42.5 Å². The molecule has 0 bridgehead atoms. The maximum atomic E-state index is 12.8. The zero-order valence-corrected chi connectivity index (χ0v) is 14.6. The molecule has 0 saturated carbocycles. The number of nitrogens with two attached hydrogens (primary N) is 1. The van der Waals surface area contributed by atoms with E-state index in [0.717, 1.165) is 24.1 Å². The van der Waals surface area contributed by atoms with Gasteiger partial charge in [0.1, 0.15) is 5.75 Å². The molecule has 1 aliphatic heterocycles. The van der Waals surface area contributed by atoms with Gasteiger partial charge in [0, 0.05) is 23.5 Å². The Morgan fingerprint density at radius 2 is 1.85 bits per heavy atom. The molecule has 2 aromatic carbocycles. The SMILES string of the molecule is Cl.Nc1cccc2c1CCCN2C(=O)c1ccc(OCC(F)(F)F)cc1. The molecule has 0 radical (unpaired) electrons. The molecule has 1 heterocycles. The number of hydrogen-bond acceptors (Lipinski definition) is 3. The zero-order chi connectivity index (χ0) is 18.0. The van der Waals surface area contributed by atoms with Gasteiger partial charge in [0.15, 0.2) is 6.61 Å². The van der Waals surface area contributed by atoms with Crippen LogP contribution in [0.2, 0.25) is 0 Å². The van der Waals surface area contributed by atoms with Gasteiger partial charge in [-0.2, -0.15) is 13.2 Å². The minimum atomic E-state index is -4.40. The number of nitrogens with zero attached hydrogens (tertiary/aromatic N) is 1. The van der Waals surface area contributed by atoms with E-state index in [1.165, 1.54) is 24.3 Å². The van der Waals surface area contributed by atoms with Crippen molar-refractivity contribution in [3.05, 3.63) is 53.6 Å². The molecule has 4 nitrogen and oxygen atoms in total. The summed E-state index contributed by atoms with van der Waals surface area (Å²) < 4.78 is 41.2. The first-order chi connectivity index (χ1) is 11.8. The summed E-state index contributed by atoms with van der Waals surface area (Å²) in [4.78, 5) is 14.4. The third-order valence-corrected chi connectivity index (χ3v) is 4.04. The highest BCUT2D eigenvalue weighted by Crippen LogP contribution is 2.32. The number of anilines is 2. The smallest absolute Gasteiger partial charge is 0.422 e. The molecular weight excluding hydrogens is 369 g/mol. The molecular formula is C18H18ClF3N2O2. The molecule has 0 aliphatic carbocycles. The fraction of sp³-hybridized carbons (Fsp3) is 0.278. The lowest BCUT2D eigenvalue weighted by atomic mass is 9.99. The number of rotatable bonds is 3. The minimum Gasteiger partial charge on any atom is -0.484 e. The molecule has 0 saturated heterocycles. The lowest BCUT2D eigenvalue weighted by Crippen LogP contribution is -2.35. The maximum Gasteiger partial charge on any atom is 0.422 e. The van der Waals surface area contributed by atoms with Crippen LogP contribution in [0.25, 0.3) is 0 Å². The molecule has 26 heavy (non-hydrogen) atoms. The van der Waals surface area contributed by atoms with E-state index in [1.54, 1.807) is 17.0 Å². The molecule has 0 spiro atoms. The van der Waals surface area contributed by atoms with Crippen LogP contribution in [0.4, 0.5) is 24.5 Å². The van der Waals surface area contributed by atoms with Crippen LogP contribution in [0.5, 0.6) is 5.75 Å². The average molecular weight is 387 g/mol. The van der Waals surface area contributed by atoms with Crippen molar-refractivity contribution in [2.75, 3.05) is 23.8 Å². The second kappa shape index (κ2) is 7.86. The number of benzene rings is 2. The monoisotopic (exact) mass is 386 g/mol. The fourth-order valence-corrected chi connectivity index (χ4v) is 2.88. The molecule has 1 aliphatic rings. The molecule has 0 aromatic heterocycles. The Morgan fingerprint density at radius 3 is 2.50 bits per heavy atom. The van der Waals surface area contributed by atoms with Crippen molar-refractivity contribution in [3.63, 3.8) is 0 Å². The highest BCUT2D eigenvalue weighted by Gasteiger charge is 2.28. The van der Waals surface area contributed by atoms with Crippen LogP contribution in [0.1, 0.15) is 22.3 Å². The van der Waals surface area contributed by atoms with Crippen LogP contribution in [0.3, 0.4) is 0 Å². The van der Waals surface area contributed by atoms with Crippen LogP contribution in [-0.4, -0.2) is 25.2 Å². The lowest BCUT2D eigenvalue weighted by Gasteiger charge is -2.30. The Labute approximate surface area is 155 Å². The molecule has 0 atom stereocenters. The van der Waals surface area contributed by atoms with Gasteiger partial charge in [-0.05, 0) is 54.8 Å². The average Bonchev–Trinajstić information content (AvgIpc) is 2.59. The molecule has 2 aromatic rings. The number of carbonyl (C=O) groups is 1. The predicted molar refractivity (Wildman–Crippen MR) is 96.1 cm³/mol. The Hall–Kier alpha value is -2.41. The second-order valence-corrected chi connectivity index (χ2v) is 5.83. The Bertz CT molecular complexity index is 779. The first-order valence-corrected chi connectivity index (χ1v) is 7.84. The third-order valence-electron chi connectivity index (χ3n) is 4.04. The summed E-state index contributed by atoms with van der Waals surface area (Å²) >= 11 is 0. The van der Waals surface area contributed by atoms with E-state index in [4.69, 9.17) is 5.73 Å². The number of hydrogen-bond donors (Lipinski definition) is 1. The van der Waals surface area contributed by atoms with Crippen molar-refractivity contribution in [1.29, 1.82) is 0 Å². The second-order valence-electron chi connectivity index (χ2n) is 5.83. The van der Waals surface area contributed by atoms with E-state index in [9.17, 15) is 18.0 Å². The van der Waals surface area contributed by atoms with Gasteiger partial charge >= 0.3 is 6.18 Å². The van der Waals surface area contributed by atoms with E-state index in [2.05, 4.69) is 4.74 Å². The van der Waals surface area contributed by atoms with Gasteiger partial charge in [0.25, 0.3) is 5.91 Å². The molecule has 140 valence electrons. The van der Waals surface area contributed by atoms with Crippen molar-refractivity contribution >= 4 is 29.7 Å². The van der Waals surface area contributed by atoms with Gasteiger partial charge in [0.2, 0.25) is 0 Å². The van der Waals surface area contributed by atoms with Crippen molar-refractivity contribution in [3.8, 4) is 5.75 Å². The number of amides is 1. The lowest BCUT2D eigenvalue weighted by molar-refractivity contribution is -0.153. The number of carbonyl (C=O) groups excluding carboxylic acids is 1. The fourth-order valence-electron chi connectivity index (χ4n) is 2.88. The summed E-state index contributed by atoms with van der Waals surface area (Å²) in [5.74, 6) is -0.147. The van der Waals surface area contributed by atoms with E-state index in [0.29, 0.717) is 17.8 Å². The van der Waals surface area contributed by atoms with Crippen LogP contribution >= 0.6 is 12.4 Å². The van der Waals surface area contributed by atoms with Gasteiger partial charge in [-0.1, -0.05) is 6.07 Å². The van der Waals surface area contributed by atoms with Gasteiger partial charge in [-0.25, -0.2) is 0 Å². The Balaban J connectivity index is 0.00000243. The molecule has 3 rings (SSSR count). The topological polar surface area (TPSA) is 55.6 Å². The van der Waals surface area contributed by atoms with Crippen molar-refractivity contribution in [1.82, 2.24) is 0 Å². The summed E-state index contributed by atoms with van der Waals surface area (Å²) in [6.07, 6.45) is -2.78. The molecule has 1 amide bonds. The normalized spacial score (nSPS) is 13.6.